The van der Waals surface area contributed by atoms with E-state index in [1.54, 1.807) is 0 Å². The number of halogens is 1. The van der Waals surface area contributed by atoms with Crippen LogP contribution >= 0.6 is 24.0 Å². The minimum Gasteiger partial charge on any atom is -0.459 e. The lowest BCUT2D eigenvalue weighted by Gasteiger charge is -2.12. The molecule has 2 aromatic rings. The van der Waals surface area contributed by atoms with Crippen molar-refractivity contribution in [2.24, 2.45) is 10.9 Å². The van der Waals surface area contributed by atoms with Crippen LogP contribution in [-0.4, -0.2) is 19.0 Å². The Morgan fingerprint density at radius 2 is 1.95 bits per heavy atom. The van der Waals surface area contributed by atoms with Crippen molar-refractivity contribution in [3.05, 3.63) is 35.6 Å². The van der Waals surface area contributed by atoms with E-state index in [2.05, 4.69) is 49.4 Å². The van der Waals surface area contributed by atoms with E-state index in [1.165, 1.54) is 10.9 Å². The minimum absolute atomic E-state index is 0. The van der Waals surface area contributed by atoms with Gasteiger partial charge >= 0.3 is 0 Å². The van der Waals surface area contributed by atoms with E-state index in [9.17, 15) is 0 Å². The molecule has 0 radical (unpaired) electrons. The zero-order chi connectivity index (χ0) is 15.2. The van der Waals surface area contributed by atoms with Crippen molar-refractivity contribution < 1.29 is 4.42 Å². The first-order valence-corrected chi connectivity index (χ1v) is 7.61. The fourth-order valence-corrected chi connectivity index (χ4v) is 2.17. The van der Waals surface area contributed by atoms with E-state index in [0.29, 0.717) is 12.5 Å². The standard InChI is InChI=1S/C17H25N3O.HI/c1-5-18-17(19-10-12(2)3)20-11-16-13(4)14-8-6-7-9-15(14)21-16;/h6-9,12H,5,10-11H2,1-4H3,(H2,18,19,20);1H. The highest BCUT2D eigenvalue weighted by atomic mass is 127. The van der Waals surface area contributed by atoms with Crippen molar-refractivity contribution in [1.82, 2.24) is 10.6 Å². The maximum absolute atomic E-state index is 5.89. The van der Waals surface area contributed by atoms with Crippen molar-refractivity contribution in [3.63, 3.8) is 0 Å². The van der Waals surface area contributed by atoms with Gasteiger partial charge in [0, 0.05) is 24.0 Å². The number of benzene rings is 1. The number of aliphatic imine (C=N–C) groups is 1. The molecule has 0 amide bonds. The monoisotopic (exact) mass is 415 g/mol. The highest BCUT2D eigenvalue weighted by Gasteiger charge is 2.09. The molecule has 2 N–H and O–H groups in total. The Labute approximate surface area is 149 Å². The van der Waals surface area contributed by atoms with Crippen LogP contribution in [-0.2, 0) is 6.54 Å². The van der Waals surface area contributed by atoms with Gasteiger partial charge in [-0.3, -0.25) is 0 Å². The Bertz CT molecular complexity index is 619. The van der Waals surface area contributed by atoms with Crippen LogP contribution in [0.5, 0.6) is 0 Å². The van der Waals surface area contributed by atoms with Gasteiger partial charge in [-0.05, 0) is 25.8 Å². The molecule has 2 rings (SSSR count). The largest absolute Gasteiger partial charge is 0.459 e. The first-order chi connectivity index (χ1) is 10.1. The summed E-state index contributed by atoms with van der Waals surface area (Å²) < 4.78 is 5.89. The molecular formula is C17H26IN3O. The van der Waals surface area contributed by atoms with Crippen LogP contribution in [0.1, 0.15) is 32.1 Å². The number of nitrogens with zero attached hydrogens (tertiary/aromatic N) is 1. The maximum Gasteiger partial charge on any atom is 0.191 e. The van der Waals surface area contributed by atoms with Crippen LogP contribution in [0, 0.1) is 12.8 Å². The summed E-state index contributed by atoms with van der Waals surface area (Å²) in [5, 5.41) is 7.77. The van der Waals surface area contributed by atoms with Crippen LogP contribution in [0.2, 0.25) is 0 Å². The number of hydrogen-bond acceptors (Lipinski definition) is 2. The molecule has 1 aromatic carbocycles. The lowest BCUT2D eigenvalue weighted by molar-refractivity contribution is 0.546. The molecule has 0 saturated heterocycles. The van der Waals surface area contributed by atoms with Gasteiger partial charge in [0.05, 0.1) is 0 Å². The molecular weight excluding hydrogens is 389 g/mol. The van der Waals surface area contributed by atoms with Gasteiger partial charge in [0.15, 0.2) is 5.96 Å². The van der Waals surface area contributed by atoms with E-state index in [4.69, 9.17) is 4.42 Å². The Balaban J connectivity index is 0.00000242. The van der Waals surface area contributed by atoms with Crippen LogP contribution in [0.3, 0.4) is 0 Å². The van der Waals surface area contributed by atoms with E-state index in [1.807, 2.05) is 18.2 Å². The molecule has 5 heteroatoms. The molecule has 0 bridgehead atoms. The quantitative estimate of drug-likeness (QED) is 0.440. The summed E-state index contributed by atoms with van der Waals surface area (Å²) >= 11 is 0. The predicted octanol–water partition coefficient (Wildman–Crippen LogP) is 4.07. The van der Waals surface area contributed by atoms with Gasteiger partial charge in [0.2, 0.25) is 0 Å². The third kappa shape index (κ3) is 4.90. The number of fused-ring (bicyclic) bond motifs is 1. The van der Waals surface area contributed by atoms with Gasteiger partial charge in [0.25, 0.3) is 0 Å². The van der Waals surface area contributed by atoms with Gasteiger partial charge in [-0.2, -0.15) is 0 Å². The molecule has 122 valence electrons. The number of nitrogens with one attached hydrogen (secondary N) is 2. The predicted molar refractivity (Wildman–Crippen MR) is 104 cm³/mol. The normalized spacial score (nSPS) is 11.6. The highest BCUT2D eigenvalue weighted by molar-refractivity contribution is 14.0. The Morgan fingerprint density at radius 1 is 1.23 bits per heavy atom. The molecule has 0 aliphatic rings. The van der Waals surface area contributed by atoms with Gasteiger partial charge in [0.1, 0.15) is 17.9 Å². The molecule has 0 atom stereocenters. The first kappa shape index (κ1) is 18.8. The maximum atomic E-state index is 5.89. The third-order valence-electron chi connectivity index (χ3n) is 3.35. The van der Waals surface area contributed by atoms with Gasteiger partial charge < -0.3 is 15.1 Å². The smallest absolute Gasteiger partial charge is 0.191 e. The SMILES string of the molecule is CCNC(=NCc1oc2ccccc2c1C)NCC(C)C.I. The van der Waals surface area contributed by atoms with Crippen molar-refractivity contribution in [1.29, 1.82) is 0 Å². The molecule has 0 unspecified atom stereocenters. The lowest BCUT2D eigenvalue weighted by atomic mass is 10.1. The number of aryl methyl sites for hydroxylation is 1. The average Bonchev–Trinajstić information content (AvgIpc) is 2.79. The summed E-state index contributed by atoms with van der Waals surface area (Å²) in [6.07, 6.45) is 0. The van der Waals surface area contributed by atoms with Crippen LogP contribution < -0.4 is 10.6 Å². The third-order valence-corrected chi connectivity index (χ3v) is 3.35. The summed E-state index contributed by atoms with van der Waals surface area (Å²) in [6.45, 7) is 10.8. The van der Waals surface area contributed by atoms with Crippen molar-refractivity contribution >= 4 is 40.9 Å². The summed E-state index contributed by atoms with van der Waals surface area (Å²) in [5.41, 5.74) is 2.11. The summed E-state index contributed by atoms with van der Waals surface area (Å²) in [4.78, 5) is 4.61. The zero-order valence-corrected chi connectivity index (χ0v) is 16.1. The van der Waals surface area contributed by atoms with Gasteiger partial charge in [-0.1, -0.05) is 32.0 Å². The molecule has 1 heterocycles. The van der Waals surface area contributed by atoms with E-state index in [-0.39, 0.29) is 24.0 Å². The fourth-order valence-electron chi connectivity index (χ4n) is 2.17. The van der Waals surface area contributed by atoms with E-state index in [0.717, 1.165) is 30.4 Å². The molecule has 0 fully saturated rings. The van der Waals surface area contributed by atoms with E-state index < -0.39 is 0 Å². The number of hydrogen-bond donors (Lipinski definition) is 2. The highest BCUT2D eigenvalue weighted by Crippen LogP contribution is 2.25. The zero-order valence-electron chi connectivity index (χ0n) is 13.8. The molecule has 4 nitrogen and oxygen atoms in total. The molecule has 0 aliphatic heterocycles. The topological polar surface area (TPSA) is 49.6 Å². The van der Waals surface area contributed by atoms with Crippen LogP contribution in [0.15, 0.2) is 33.7 Å². The number of furan rings is 1. The number of para-hydroxylation sites is 1. The molecule has 22 heavy (non-hydrogen) atoms. The van der Waals surface area contributed by atoms with Crippen molar-refractivity contribution in [3.8, 4) is 0 Å². The Hall–Kier alpha value is -1.24. The second-order valence-electron chi connectivity index (χ2n) is 5.62. The lowest BCUT2D eigenvalue weighted by Crippen LogP contribution is -2.39. The fraction of sp³-hybridized carbons (Fsp3) is 0.471. The Morgan fingerprint density at radius 3 is 2.59 bits per heavy atom. The average molecular weight is 415 g/mol. The summed E-state index contributed by atoms with van der Waals surface area (Å²) in [7, 11) is 0. The summed E-state index contributed by atoms with van der Waals surface area (Å²) in [5.74, 6) is 2.35. The summed E-state index contributed by atoms with van der Waals surface area (Å²) in [6, 6.07) is 8.11. The van der Waals surface area contributed by atoms with Gasteiger partial charge in [-0.15, -0.1) is 24.0 Å². The van der Waals surface area contributed by atoms with Crippen LogP contribution in [0.4, 0.5) is 0 Å². The van der Waals surface area contributed by atoms with Crippen molar-refractivity contribution in [2.75, 3.05) is 13.1 Å². The molecule has 0 aliphatic carbocycles. The molecule has 1 aromatic heterocycles. The molecule has 0 saturated carbocycles. The van der Waals surface area contributed by atoms with Gasteiger partial charge in [-0.25, -0.2) is 4.99 Å². The second kappa shape index (κ2) is 9.02. The number of guanidine groups is 1. The van der Waals surface area contributed by atoms with Crippen molar-refractivity contribution in [2.45, 2.75) is 34.2 Å². The first-order valence-electron chi connectivity index (χ1n) is 7.61. The van der Waals surface area contributed by atoms with Crippen LogP contribution in [0.25, 0.3) is 11.0 Å². The minimum atomic E-state index is 0. The van der Waals surface area contributed by atoms with E-state index >= 15 is 0 Å². The molecule has 0 spiro atoms. The Kier molecular flexibility index (Phi) is 7.72. The second-order valence-corrected chi connectivity index (χ2v) is 5.62. The number of rotatable bonds is 5.